The van der Waals surface area contributed by atoms with Crippen LogP contribution in [-0.2, 0) is 6.54 Å². The maximum absolute atomic E-state index is 12.2. The number of anilines is 2. The second-order valence-electron chi connectivity index (χ2n) is 6.78. The lowest BCUT2D eigenvalue weighted by Crippen LogP contribution is -2.23. The molecule has 2 aromatic carbocycles. The second-order valence-corrected chi connectivity index (χ2v) is 7.62. The number of carbonyl (C=O) groups is 1. The van der Waals surface area contributed by atoms with Crippen LogP contribution in [0.5, 0.6) is 5.75 Å². The molecule has 0 aliphatic rings. The maximum atomic E-state index is 12.2. The molecule has 7 nitrogen and oxygen atoms in total. The summed E-state index contributed by atoms with van der Waals surface area (Å²) in [6, 6.07) is 12.1. The molecule has 0 unspecified atom stereocenters. The number of carboxylic acids is 1. The highest BCUT2D eigenvalue weighted by molar-refractivity contribution is 6.32. The fraction of sp³-hybridized carbons (Fsp3) is 0.190. The van der Waals surface area contributed by atoms with Crippen molar-refractivity contribution in [3.63, 3.8) is 0 Å². The Balaban J connectivity index is 1.97. The minimum absolute atomic E-state index is 0.0314. The first-order valence-corrected chi connectivity index (χ1v) is 9.81. The van der Waals surface area contributed by atoms with E-state index in [9.17, 15) is 14.7 Å². The third-order valence-electron chi connectivity index (χ3n) is 4.04. The number of aromatic carboxylic acids is 1. The lowest BCUT2D eigenvalue weighted by Gasteiger charge is -2.16. The number of hydrogen-bond donors (Lipinski definition) is 2. The molecule has 0 saturated carbocycles. The molecule has 0 atom stereocenters. The number of nitrogens with zero attached hydrogens (tertiary/aromatic N) is 2. The first-order chi connectivity index (χ1) is 14.2. The van der Waals surface area contributed by atoms with Crippen LogP contribution in [0.2, 0.25) is 10.0 Å². The molecule has 0 fully saturated rings. The topological polar surface area (TPSA) is 93.4 Å². The molecule has 0 bridgehead atoms. The van der Waals surface area contributed by atoms with Gasteiger partial charge in [0.1, 0.15) is 11.3 Å². The molecular weight excluding hydrogens is 429 g/mol. The monoisotopic (exact) mass is 447 g/mol. The number of carboxylic acid groups (broad SMARTS) is 1. The summed E-state index contributed by atoms with van der Waals surface area (Å²) in [6.07, 6.45) is 1.23. The fourth-order valence-corrected chi connectivity index (χ4v) is 3.05. The van der Waals surface area contributed by atoms with Gasteiger partial charge in [-0.15, -0.1) is 0 Å². The number of halogens is 2. The third-order valence-corrected chi connectivity index (χ3v) is 4.59. The summed E-state index contributed by atoms with van der Waals surface area (Å²) in [4.78, 5) is 27.5. The molecule has 9 heteroatoms. The Hall–Kier alpha value is -3.03. The number of hydrogen-bond acceptors (Lipinski definition) is 5. The van der Waals surface area contributed by atoms with Gasteiger partial charge in [-0.05, 0) is 49.7 Å². The van der Waals surface area contributed by atoms with Gasteiger partial charge in [0.2, 0.25) is 5.95 Å². The van der Waals surface area contributed by atoms with Crippen molar-refractivity contribution in [3.05, 3.63) is 80.2 Å². The lowest BCUT2D eigenvalue weighted by molar-refractivity contribution is 0.0694. The largest absolute Gasteiger partial charge is 0.489 e. The standard InChI is InChI=1S/C21H19Cl2N3O4/c1-12(2)30-18-8-7-15(9-17(18)23)24-21-25-19(27)16(20(28)29)11-26(21)10-13-3-5-14(22)6-4-13/h3-9,11-12H,10H2,1-2H3,(H,28,29)(H,24,25,27). The molecule has 1 heterocycles. The average molecular weight is 448 g/mol. The van der Waals surface area contributed by atoms with Crippen molar-refractivity contribution < 1.29 is 14.6 Å². The maximum Gasteiger partial charge on any atom is 0.342 e. The second kappa shape index (κ2) is 9.19. The van der Waals surface area contributed by atoms with Gasteiger partial charge in [0.15, 0.2) is 0 Å². The molecule has 0 spiro atoms. The molecule has 0 aliphatic heterocycles. The zero-order valence-corrected chi connectivity index (χ0v) is 17.7. The van der Waals surface area contributed by atoms with Crippen LogP contribution in [0.4, 0.5) is 11.6 Å². The molecular formula is C21H19Cl2N3O4. The number of nitrogens with one attached hydrogen (secondary N) is 1. The number of aromatic nitrogens is 2. The molecule has 156 valence electrons. The van der Waals surface area contributed by atoms with Gasteiger partial charge in [-0.3, -0.25) is 4.79 Å². The Bertz CT molecular complexity index is 1130. The Morgan fingerprint density at radius 2 is 1.90 bits per heavy atom. The van der Waals surface area contributed by atoms with Crippen LogP contribution in [0, 0.1) is 0 Å². The molecule has 0 radical (unpaired) electrons. The van der Waals surface area contributed by atoms with E-state index in [0.29, 0.717) is 21.5 Å². The highest BCUT2D eigenvalue weighted by Crippen LogP contribution is 2.29. The van der Waals surface area contributed by atoms with Crippen molar-refractivity contribution in [2.75, 3.05) is 5.32 Å². The molecule has 0 saturated heterocycles. The molecule has 2 N–H and O–H groups in total. The van der Waals surface area contributed by atoms with Crippen LogP contribution in [0.15, 0.2) is 53.5 Å². The summed E-state index contributed by atoms with van der Waals surface area (Å²) in [6.45, 7) is 4.06. The Morgan fingerprint density at radius 1 is 1.20 bits per heavy atom. The van der Waals surface area contributed by atoms with Crippen molar-refractivity contribution in [2.24, 2.45) is 0 Å². The smallest absolute Gasteiger partial charge is 0.342 e. The molecule has 1 aromatic heterocycles. The van der Waals surface area contributed by atoms with Crippen molar-refractivity contribution in [2.45, 2.75) is 26.5 Å². The van der Waals surface area contributed by atoms with Crippen LogP contribution in [0.3, 0.4) is 0 Å². The third kappa shape index (κ3) is 5.31. The summed E-state index contributed by atoms with van der Waals surface area (Å²) in [5, 5.41) is 13.3. The van der Waals surface area contributed by atoms with Crippen molar-refractivity contribution >= 4 is 40.8 Å². The first-order valence-electron chi connectivity index (χ1n) is 9.05. The van der Waals surface area contributed by atoms with Crippen LogP contribution in [0.25, 0.3) is 0 Å². The van der Waals surface area contributed by atoms with Crippen LogP contribution in [-0.4, -0.2) is 26.7 Å². The predicted octanol–water partition coefficient (Wildman–Crippen LogP) is 4.83. The van der Waals surface area contributed by atoms with E-state index in [1.807, 2.05) is 13.8 Å². The average Bonchev–Trinajstić information content (AvgIpc) is 2.67. The summed E-state index contributed by atoms with van der Waals surface area (Å²) < 4.78 is 7.16. The molecule has 3 aromatic rings. The van der Waals surface area contributed by atoms with E-state index >= 15 is 0 Å². The van der Waals surface area contributed by atoms with Gasteiger partial charge in [-0.1, -0.05) is 35.3 Å². The predicted molar refractivity (Wildman–Crippen MR) is 117 cm³/mol. The molecule has 3 rings (SSSR count). The minimum atomic E-state index is -1.35. The lowest BCUT2D eigenvalue weighted by atomic mass is 10.2. The van der Waals surface area contributed by atoms with Crippen LogP contribution < -0.4 is 15.6 Å². The summed E-state index contributed by atoms with van der Waals surface area (Å²) in [7, 11) is 0. The summed E-state index contributed by atoms with van der Waals surface area (Å²) in [5.41, 5.74) is 0.148. The normalized spacial score (nSPS) is 10.8. The van der Waals surface area contributed by atoms with E-state index < -0.39 is 17.1 Å². The van der Waals surface area contributed by atoms with Gasteiger partial charge < -0.3 is 19.7 Å². The van der Waals surface area contributed by atoms with Crippen molar-refractivity contribution in [1.29, 1.82) is 0 Å². The Kier molecular flexibility index (Phi) is 6.64. The van der Waals surface area contributed by atoms with Crippen molar-refractivity contribution in [1.82, 2.24) is 9.55 Å². The summed E-state index contributed by atoms with van der Waals surface area (Å²) >= 11 is 12.2. The molecule has 0 amide bonds. The van der Waals surface area contributed by atoms with E-state index in [0.717, 1.165) is 5.56 Å². The van der Waals surface area contributed by atoms with Gasteiger partial charge in [-0.25, -0.2) is 4.79 Å². The zero-order chi connectivity index (χ0) is 21.8. The highest BCUT2D eigenvalue weighted by Gasteiger charge is 2.15. The molecule has 30 heavy (non-hydrogen) atoms. The van der Waals surface area contributed by atoms with Gasteiger partial charge in [0.05, 0.1) is 17.7 Å². The quantitative estimate of drug-likeness (QED) is 0.538. The molecule has 0 aliphatic carbocycles. The van der Waals surface area contributed by atoms with E-state index in [4.69, 9.17) is 27.9 Å². The number of benzene rings is 2. The van der Waals surface area contributed by atoms with Gasteiger partial charge >= 0.3 is 5.97 Å². The zero-order valence-electron chi connectivity index (χ0n) is 16.2. The van der Waals surface area contributed by atoms with Gasteiger partial charge in [0, 0.05) is 16.9 Å². The number of rotatable bonds is 7. The van der Waals surface area contributed by atoms with Crippen LogP contribution in [0.1, 0.15) is 29.8 Å². The number of ether oxygens (including phenoxy) is 1. The fourth-order valence-electron chi connectivity index (χ4n) is 2.70. The Labute approximate surface area is 182 Å². The van der Waals surface area contributed by atoms with E-state index in [1.54, 1.807) is 47.0 Å². The SMILES string of the molecule is CC(C)Oc1ccc(Nc2nc(=O)c(C(=O)O)cn2Cc2ccc(Cl)cc2)cc1Cl. The highest BCUT2D eigenvalue weighted by atomic mass is 35.5. The van der Waals surface area contributed by atoms with Crippen molar-refractivity contribution in [3.8, 4) is 5.75 Å². The van der Waals surface area contributed by atoms with Gasteiger partial charge in [0.25, 0.3) is 5.56 Å². The van der Waals surface area contributed by atoms with Gasteiger partial charge in [-0.2, -0.15) is 4.98 Å². The van der Waals surface area contributed by atoms with E-state index in [1.165, 1.54) is 6.20 Å². The van der Waals surface area contributed by atoms with Crippen LogP contribution >= 0.6 is 23.2 Å². The van der Waals surface area contributed by atoms with E-state index in [2.05, 4.69) is 10.3 Å². The first kappa shape index (κ1) is 21.7. The van der Waals surface area contributed by atoms with E-state index in [-0.39, 0.29) is 18.6 Å². The Morgan fingerprint density at radius 3 is 2.50 bits per heavy atom. The summed E-state index contributed by atoms with van der Waals surface area (Å²) in [5.74, 6) is -0.638. The minimum Gasteiger partial charge on any atom is -0.489 e.